The molecule has 0 saturated heterocycles. The van der Waals surface area contributed by atoms with E-state index in [4.69, 9.17) is 5.73 Å². The van der Waals surface area contributed by atoms with E-state index < -0.39 is 29.0 Å². The second-order valence-electron chi connectivity index (χ2n) is 4.92. The number of thioether (sulfide) groups is 1. The first kappa shape index (κ1) is 18.4. The minimum atomic E-state index is -1.07. The maximum Gasteiger partial charge on any atom is 0.251 e. The Labute approximate surface area is 149 Å². The van der Waals surface area contributed by atoms with Crippen molar-refractivity contribution in [3.63, 3.8) is 0 Å². The van der Waals surface area contributed by atoms with E-state index in [-0.39, 0.29) is 11.4 Å². The Morgan fingerprint density at radius 3 is 2.54 bits per heavy atom. The van der Waals surface area contributed by atoms with Gasteiger partial charge in [-0.1, -0.05) is 15.9 Å². The Hall–Kier alpha value is -1.93. The summed E-state index contributed by atoms with van der Waals surface area (Å²) in [7, 11) is 0. The lowest BCUT2D eigenvalue weighted by Crippen LogP contribution is -2.18. The van der Waals surface area contributed by atoms with Gasteiger partial charge in [0.15, 0.2) is 0 Å². The molecule has 0 fully saturated rings. The van der Waals surface area contributed by atoms with Crippen molar-refractivity contribution >= 4 is 45.2 Å². The first-order valence-electron chi connectivity index (χ1n) is 6.75. The number of benzene rings is 2. The van der Waals surface area contributed by atoms with Crippen molar-refractivity contribution in [2.24, 2.45) is 5.73 Å². The molecule has 2 rings (SSSR count). The van der Waals surface area contributed by atoms with Gasteiger partial charge in [-0.2, -0.15) is 0 Å². The van der Waals surface area contributed by atoms with Gasteiger partial charge < -0.3 is 11.1 Å². The van der Waals surface area contributed by atoms with Gasteiger partial charge in [0.2, 0.25) is 5.91 Å². The second kappa shape index (κ2) is 7.76. The monoisotopic (exact) mass is 414 g/mol. The summed E-state index contributed by atoms with van der Waals surface area (Å²) in [4.78, 5) is 24.0. The van der Waals surface area contributed by atoms with Gasteiger partial charge in [0.25, 0.3) is 5.91 Å². The van der Waals surface area contributed by atoms with Crippen molar-refractivity contribution in [1.29, 1.82) is 0 Å². The van der Waals surface area contributed by atoms with Crippen molar-refractivity contribution in [1.82, 2.24) is 0 Å². The van der Waals surface area contributed by atoms with Crippen LogP contribution in [0.2, 0.25) is 0 Å². The van der Waals surface area contributed by atoms with Crippen molar-refractivity contribution in [2.75, 3.05) is 11.1 Å². The van der Waals surface area contributed by atoms with Crippen LogP contribution in [0.5, 0.6) is 0 Å². The van der Waals surface area contributed by atoms with Gasteiger partial charge in [-0.15, -0.1) is 11.8 Å². The highest BCUT2D eigenvalue weighted by atomic mass is 79.9. The number of anilines is 1. The highest BCUT2D eigenvalue weighted by Gasteiger charge is 2.15. The van der Waals surface area contributed by atoms with Gasteiger partial charge in [-0.25, -0.2) is 8.78 Å². The van der Waals surface area contributed by atoms with Crippen LogP contribution < -0.4 is 11.1 Å². The van der Waals surface area contributed by atoms with Crippen LogP contribution in [0.15, 0.2) is 39.7 Å². The summed E-state index contributed by atoms with van der Waals surface area (Å²) < 4.78 is 28.0. The van der Waals surface area contributed by atoms with Crippen LogP contribution in [0, 0.1) is 18.6 Å². The Kier molecular flexibility index (Phi) is 5.95. The molecule has 0 aliphatic heterocycles. The molecule has 3 N–H and O–H groups in total. The van der Waals surface area contributed by atoms with Crippen LogP contribution in [0.3, 0.4) is 0 Å². The number of primary amides is 1. The second-order valence-corrected chi connectivity index (χ2v) is 6.86. The summed E-state index contributed by atoms with van der Waals surface area (Å²) in [5, 5.41) is 2.32. The van der Waals surface area contributed by atoms with Crippen molar-refractivity contribution in [3.05, 3.63) is 57.6 Å². The number of aryl methyl sites for hydroxylation is 1. The SMILES string of the molecule is Cc1cc(Br)ccc1SCC(=O)Nc1cc(C(N)=O)c(F)cc1F. The van der Waals surface area contributed by atoms with Crippen LogP contribution in [-0.4, -0.2) is 17.6 Å². The molecule has 0 aliphatic carbocycles. The number of carbonyl (C=O) groups is 2. The highest BCUT2D eigenvalue weighted by Crippen LogP contribution is 2.26. The minimum Gasteiger partial charge on any atom is -0.366 e. The molecular formula is C16H13BrF2N2O2S. The third-order valence-electron chi connectivity index (χ3n) is 3.09. The molecular weight excluding hydrogens is 402 g/mol. The zero-order valence-corrected chi connectivity index (χ0v) is 14.9. The highest BCUT2D eigenvalue weighted by molar-refractivity contribution is 9.10. The smallest absolute Gasteiger partial charge is 0.251 e. The molecule has 0 heterocycles. The average Bonchev–Trinajstić information content (AvgIpc) is 2.48. The van der Waals surface area contributed by atoms with E-state index in [1.54, 1.807) is 0 Å². The van der Waals surface area contributed by atoms with E-state index >= 15 is 0 Å². The number of carbonyl (C=O) groups excluding carboxylic acids is 2. The standard InChI is InChI=1S/C16H13BrF2N2O2S/c1-8-4-9(17)2-3-14(8)24-7-15(22)21-13-5-10(16(20)23)11(18)6-12(13)19/h2-6H,7H2,1H3,(H2,20,23)(H,21,22). The molecule has 4 nitrogen and oxygen atoms in total. The molecule has 0 aliphatic rings. The molecule has 0 atom stereocenters. The van der Waals surface area contributed by atoms with Gasteiger partial charge in [-0.3, -0.25) is 9.59 Å². The summed E-state index contributed by atoms with van der Waals surface area (Å²) in [6, 6.07) is 7.04. The zero-order valence-electron chi connectivity index (χ0n) is 12.5. The summed E-state index contributed by atoms with van der Waals surface area (Å²) in [5.74, 6) is -3.54. The van der Waals surface area contributed by atoms with Crippen LogP contribution in [0.1, 0.15) is 15.9 Å². The topological polar surface area (TPSA) is 72.2 Å². The Morgan fingerprint density at radius 2 is 1.92 bits per heavy atom. The minimum absolute atomic E-state index is 0.0329. The molecule has 0 unspecified atom stereocenters. The summed E-state index contributed by atoms with van der Waals surface area (Å²) in [5.41, 5.74) is 5.23. The normalized spacial score (nSPS) is 10.5. The number of hydrogen-bond acceptors (Lipinski definition) is 3. The van der Waals surface area contributed by atoms with E-state index in [2.05, 4.69) is 21.2 Å². The van der Waals surface area contributed by atoms with Crippen LogP contribution in [0.25, 0.3) is 0 Å². The average molecular weight is 415 g/mol. The van der Waals surface area contributed by atoms with E-state index in [0.717, 1.165) is 21.0 Å². The van der Waals surface area contributed by atoms with Gasteiger partial charge >= 0.3 is 0 Å². The first-order valence-corrected chi connectivity index (χ1v) is 8.53. The third kappa shape index (κ3) is 4.55. The van der Waals surface area contributed by atoms with E-state index in [1.165, 1.54) is 11.8 Å². The number of rotatable bonds is 5. The van der Waals surface area contributed by atoms with Gasteiger partial charge in [0.05, 0.1) is 17.0 Å². The predicted octanol–water partition coefficient (Wildman–Crippen LogP) is 3.87. The van der Waals surface area contributed by atoms with Crippen LogP contribution >= 0.6 is 27.7 Å². The molecule has 8 heteroatoms. The largest absolute Gasteiger partial charge is 0.366 e. The third-order valence-corrected chi connectivity index (χ3v) is 4.76. The van der Waals surface area contributed by atoms with Gasteiger partial charge in [-0.05, 0) is 36.8 Å². The van der Waals surface area contributed by atoms with Crippen molar-refractivity contribution < 1.29 is 18.4 Å². The summed E-state index contributed by atoms with van der Waals surface area (Å²) >= 11 is 4.64. The predicted molar refractivity (Wildman–Crippen MR) is 93.1 cm³/mol. The van der Waals surface area contributed by atoms with E-state index in [9.17, 15) is 18.4 Å². The maximum atomic E-state index is 13.7. The fraction of sp³-hybridized carbons (Fsp3) is 0.125. The quantitative estimate of drug-likeness (QED) is 0.729. The van der Waals surface area contributed by atoms with E-state index in [0.29, 0.717) is 6.07 Å². The fourth-order valence-electron chi connectivity index (χ4n) is 1.94. The molecule has 0 radical (unpaired) electrons. The number of hydrogen-bond donors (Lipinski definition) is 2. The summed E-state index contributed by atoms with van der Waals surface area (Å²) in [6.07, 6.45) is 0. The Morgan fingerprint density at radius 1 is 1.21 bits per heavy atom. The van der Waals surface area contributed by atoms with Crippen molar-refractivity contribution in [3.8, 4) is 0 Å². The lowest BCUT2D eigenvalue weighted by Gasteiger charge is -2.09. The lowest BCUT2D eigenvalue weighted by atomic mass is 10.1. The Balaban J connectivity index is 2.07. The Bertz CT molecular complexity index is 815. The number of nitrogens with two attached hydrogens (primary N) is 1. The lowest BCUT2D eigenvalue weighted by molar-refractivity contribution is -0.113. The van der Waals surface area contributed by atoms with Crippen molar-refractivity contribution in [2.45, 2.75) is 11.8 Å². The van der Waals surface area contributed by atoms with Gasteiger partial charge in [0.1, 0.15) is 11.6 Å². The number of halogens is 3. The first-order chi connectivity index (χ1) is 11.3. The molecule has 24 heavy (non-hydrogen) atoms. The van der Waals surface area contributed by atoms with E-state index in [1.807, 2.05) is 25.1 Å². The van der Waals surface area contributed by atoms with Crippen LogP contribution in [-0.2, 0) is 4.79 Å². The maximum absolute atomic E-state index is 13.7. The molecule has 126 valence electrons. The molecule has 2 amide bonds. The number of amides is 2. The van der Waals surface area contributed by atoms with Gasteiger partial charge in [0, 0.05) is 15.4 Å². The molecule has 0 saturated carbocycles. The molecule has 0 aromatic heterocycles. The molecule has 2 aromatic rings. The molecule has 0 bridgehead atoms. The molecule has 0 spiro atoms. The molecule has 2 aromatic carbocycles. The zero-order chi connectivity index (χ0) is 17.9. The number of nitrogens with one attached hydrogen (secondary N) is 1. The van der Waals surface area contributed by atoms with Crippen LogP contribution in [0.4, 0.5) is 14.5 Å². The fourth-order valence-corrected chi connectivity index (χ4v) is 3.22. The summed E-state index contributed by atoms with van der Waals surface area (Å²) in [6.45, 7) is 1.91.